The number of hydrogen-bond donors (Lipinski definition) is 1. The average Bonchev–Trinajstić information content (AvgIpc) is 2.78. The SMILES string of the molecule is COCO[C@@H](CO)[C@H](CO[Si](c1ccccc1)(c1ccccc1)C(C)(C)C)OCOC. The molecule has 0 unspecified atom stereocenters. The van der Waals surface area contributed by atoms with Crippen molar-refractivity contribution in [1.29, 1.82) is 0 Å². The second kappa shape index (κ2) is 12.5. The molecule has 1 N–H and O–H groups in total. The van der Waals surface area contributed by atoms with E-state index in [1.165, 1.54) is 17.5 Å². The van der Waals surface area contributed by atoms with E-state index in [2.05, 4.69) is 45.0 Å². The predicted molar refractivity (Wildman–Crippen MR) is 124 cm³/mol. The Balaban J connectivity index is 2.46. The molecule has 0 aromatic heterocycles. The van der Waals surface area contributed by atoms with E-state index in [1.54, 1.807) is 7.11 Å². The number of hydrogen-bond acceptors (Lipinski definition) is 6. The first kappa shape index (κ1) is 25.7. The van der Waals surface area contributed by atoms with Crippen LogP contribution in [0.25, 0.3) is 0 Å². The first-order valence-corrected chi connectivity index (χ1v) is 12.4. The zero-order valence-corrected chi connectivity index (χ0v) is 20.2. The molecule has 172 valence electrons. The van der Waals surface area contributed by atoms with Crippen LogP contribution in [0.4, 0.5) is 0 Å². The Labute approximate surface area is 187 Å². The topological polar surface area (TPSA) is 66.4 Å². The first-order chi connectivity index (χ1) is 14.9. The lowest BCUT2D eigenvalue weighted by atomic mass is 10.2. The highest BCUT2D eigenvalue weighted by atomic mass is 28.4. The lowest BCUT2D eigenvalue weighted by Crippen LogP contribution is -2.67. The second-order valence-corrected chi connectivity index (χ2v) is 12.7. The summed E-state index contributed by atoms with van der Waals surface area (Å²) < 4.78 is 28.5. The van der Waals surface area contributed by atoms with Crippen LogP contribution in [-0.4, -0.2) is 66.7 Å². The summed E-state index contributed by atoms with van der Waals surface area (Å²) >= 11 is 0. The minimum atomic E-state index is -2.73. The summed E-state index contributed by atoms with van der Waals surface area (Å²) in [5.74, 6) is 0. The zero-order chi connectivity index (χ0) is 22.7. The van der Waals surface area contributed by atoms with Crippen molar-refractivity contribution >= 4 is 18.7 Å². The van der Waals surface area contributed by atoms with Gasteiger partial charge in [0.15, 0.2) is 0 Å². The van der Waals surface area contributed by atoms with Crippen molar-refractivity contribution in [1.82, 2.24) is 0 Å². The smallest absolute Gasteiger partial charge is 0.261 e. The van der Waals surface area contributed by atoms with Gasteiger partial charge in [0, 0.05) is 14.2 Å². The van der Waals surface area contributed by atoms with E-state index in [9.17, 15) is 5.11 Å². The minimum absolute atomic E-state index is 0.0529. The molecule has 2 aromatic rings. The molecule has 0 fully saturated rings. The summed E-state index contributed by atoms with van der Waals surface area (Å²) in [6, 6.07) is 20.8. The van der Waals surface area contributed by atoms with Gasteiger partial charge in [-0.1, -0.05) is 81.4 Å². The number of aliphatic hydroxyl groups is 1. The molecule has 0 aliphatic heterocycles. The van der Waals surface area contributed by atoms with Crippen LogP contribution in [-0.2, 0) is 23.4 Å². The summed E-state index contributed by atoms with van der Waals surface area (Å²) in [7, 11) is 0.369. The zero-order valence-electron chi connectivity index (χ0n) is 19.2. The maximum absolute atomic E-state index is 9.90. The molecule has 0 heterocycles. The van der Waals surface area contributed by atoms with Gasteiger partial charge in [0.25, 0.3) is 8.32 Å². The third-order valence-corrected chi connectivity index (χ3v) is 10.3. The van der Waals surface area contributed by atoms with Gasteiger partial charge in [-0.25, -0.2) is 0 Å². The van der Waals surface area contributed by atoms with Gasteiger partial charge in [-0.15, -0.1) is 0 Å². The number of methoxy groups -OCH3 is 2. The largest absolute Gasteiger partial charge is 0.405 e. The quantitative estimate of drug-likeness (QED) is 0.375. The van der Waals surface area contributed by atoms with Crippen molar-refractivity contribution in [3.63, 3.8) is 0 Å². The summed E-state index contributed by atoms with van der Waals surface area (Å²) in [6.45, 7) is 6.80. The third-order valence-electron chi connectivity index (χ3n) is 5.28. The van der Waals surface area contributed by atoms with E-state index < -0.39 is 20.5 Å². The molecule has 2 aromatic carbocycles. The van der Waals surface area contributed by atoms with Crippen LogP contribution in [0.5, 0.6) is 0 Å². The van der Waals surface area contributed by atoms with Crippen LogP contribution < -0.4 is 10.4 Å². The van der Waals surface area contributed by atoms with E-state index in [0.717, 1.165) is 0 Å². The number of benzene rings is 2. The summed E-state index contributed by atoms with van der Waals surface area (Å²) in [5.41, 5.74) is 0. The van der Waals surface area contributed by atoms with Crippen LogP contribution in [0.15, 0.2) is 60.7 Å². The summed E-state index contributed by atoms with van der Waals surface area (Å²) in [6.07, 6.45) is -1.13. The molecule has 0 aliphatic carbocycles. The van der Waals surface area contributed by atoms with Gasteiger partial charge in [-0.05, 0) is 15.4 Å². The monoisotopic (exact) mass is 448 g/mol. The van der Waals surface area contributed by atoms with Crippen molar-refractivity contribution in [3.05, 3.63) is 60.7 Å². The molecule has 0 bridgehead atoms. The molecule has 31 heavy (non-hydrogen) atoms. The van der Waals surface area contributed by atoms with E-state index in [1.807, 2.05) is 36.4 Å². The van der Waals surface area contributed by atoms with Crippen molar-refractivity contribution in [3.8, 4) is 0 Å². The molecule has 0 amide bonds. The molecule has 2 rings (SSSR count). The highest BCUT2D eigenvalue weighted by Gasteiger charge is 2.50. The maximum Gasteiger partial charge on any atom is 0.261 e. The predicted octanol–water partition coefficient (Wildman–Crippen LogP) is 2.53. The van der Waals surface area contributed by atoms with Gasteiger partial charge in [0.1, 0.15) is 25.8 Å². The molecular formula is C24H36O6Si. The van der Waals surface area contributed by atoms with E-state index >= 15 is 0 Å². The maximum atomic E-state index is 9.90. The molecule has 0 saturated heterocycles. The number of ether oxygens (including phenoxy) is 4. The first-order valence-electron chi connectivity index (χ1n) is 10.5. The third kappa shape index (κ3) is 6.46. The van der Waals surface area contributed by atoms with E-state index in [-0.39, 0.29) is 31.8 Å². The van der Waals surface area contributed by atoms with Crippen LogP contribution >= 0.6 is 0 Å². The van der Waals surface area contributed by atoms with Gasteiger partial charge in [-0.2, -0.15) is 0 Å². The Morgan fingerprint density at radius 3 is 1.61 bits per heavy atom. The Hall–Kier alpha value is -1.58. The van der Waals surface area contributed by atoms with Crippen LogP contribution in [0.1, 0.15) is 20.8 Å². The Morgan fingerprint density at radius 2 is 1.23 bits per heavy atom. The molecule has 7 heteroatoms. The highest BCUT2D eigenvalue weighted by molar-refractivity contribution is 6.99. The lowest BCUT2D eigenvalue weighted by Gasteiger charge is -2.44. The molecule has 0 radical (unpaired) electrons. The summed E-state index contributed by atoms with van der Waals surface area (Å²) in [4.78, 5) is 0. The van der Waals surface area contributed by atoms with Crippen molar-refractivity contribution in [2.75, 3.05) is 41.0 Å². The minimum Gasteiger partial charge on any atom is -0.405 e. The fourth-order valence-electron chi connectivity index (χ4n) is 3.82. The van der Waals surface area contributed by atoms with E-state index in [4.69, 9.17) is 23.4 Å². The van der Waals surface area contributed by atoms with Gasteiger partial charge in [0.05, 0.1) is 13.2 Å². The van der Waals surface area contributed by atoms with Crippen LogP contribution in [0.3, 0.4) is 0 Å². The van der Waals surface area contributed by atoms with Crippen LogP contribution in [0.2, 0.25) is 5.04 Å². The lowest BCUT2D eigenvalue weighted by molar-refractivity contribution is -0.175. The van der Waals surface area contributed by atoms with Gasteiger partial charge < -0.3 is 28.5 Å². The fourth-order valence-corrected chi connectivity index (χ4v) is 8.39. The van der Waals surface area contributed by atoms with Crippen molar-refractivity contribution < 1.29 is 28.5 Å². The second-order valence-electron chi connectivity index (χ2n) is 8.38. The van der Waals surface area contributed by atoms with Crippen LogP contribution in [0, 0.1) is 0 Å². The molecular weight excluding hydrogens is 412 g/mol. The molecule has 0 aliphatic rings. The van der Waals surface area contributed by atoms with Crippen molar-refractivity contribution in [2.24, 2.45) is 0 Å². The molecule has 2 atom stereocenters. The van der Waals surface area contributed by atoms with Gasteiger partial charge in [-0.3, -0.25) is 0 Å². The Kier molecular flexibility index (Phi) is 10.3. The standard InChI is InChI=1S/C24H36O6Si/c1-24(2,3)31(20-12-8-6-9-13-20,21-14-10-7-11-15-21)30-17-23(29-19-27-5)22(16-25)28-18-26-4/h6-15,22-23,25H,16-19H2,1-5H3/t22-,23-/m0/s1. The van der Waals surface area contributed by atoms with Gasteiger partial charge in [0.2, 0.25) is 0 Å². The number of aliphatic hydroxyl groups excluding tert-OH is 1. The van der Waals surface area contributed by atoms with Gasteiger partial charge >= 0.3 is 0 Å². The highest BCUT2D eigenvalue weighted by Crippen LogP contribution is 2.37. The molecule has 0 saturated carbocycles. The molecule has 0 spiro atoms. The normalized spacial score (nSPS) is 14.4. The van der Waals surface area contributed by atoms with E-state index in [0.29, 0.717) is 0 Å². The molecule has 6 nitrogen and oxygen atoms in total. The Morgan fingerprint density at radius 1 is 0.774 bits per heavy atom. The summed E-state index contributed by atoms with van der Waals surface area (Å²) in [5, 5.41) is 12.1. The average molecular weight is 449 g/mol. The fraction of sp³-hybridized carbons (Fsp3) is 0.500. The Bertz CT molecular complexity index is 695. The van der Waals surface area contributed by atoms with Crippen molar-refractivity contribution in [2.45, 2.75) is 38.0 Å². The number of rotatable bonds is 13.